The maximum absolute atomic E-state index is 5.45. The summed E-state index contributed by atoms with van der Waals surface area (Å²) in [5.41, 5.74) is 5.45. The van der Waals surface area contributed by atoms with E-state index in [-0.39, 0.29) is 0 Å². The van der Waals surface area contributed by atoms with Gasteiger partial charge in [-0.15, -0.1) is 0 Å². The Morgan fingerprint density at radius 1 is 1.38 bits per heavy atom. The average Bonchev–Trinajstić information content (AvgIpc) is 2.57. The summed E-state index contributed by atoms with van der Waals surface area (Å²) < 4.78 is 0. The van der Waals surface area contributed by atoms with Gasteiger partial charge in [-0.3, -0.25) is 10.1 Å². The van der Waals surface area contributed by atoms with Gasteiger partial charge in [-0.1, -0.05) is 0 Å². The molecule has 0 aromatic carbocycles. The van der Waals surface area contributed by atoms with Gasteiger partial charge in [-0.2, -0.15) is 5.10 Å². The van der Waals surface area contributed by atoms with E-state index >= 15 is 0 Å². The Bertz CT molecular complexity index is 382. The Hall–Kier alpha value is -2.11. The first-order valence-electron chi connectivity index (χ1n) is 3.68. The van der Waals surface area contributed by atoms with Gasteiger partial charge in [0.1, 0.15) is 11.6 Å². The van der Waals surface area contributed by atoms with Crippen LogP contribution in [0.5, 0.6) is 0 Å². The van der Waals surface area contributed by atoms with Gasteiger partial charge in [0, 0.05) is 6.07 Å². The van der Waals surface area contributed by atoms with Crippen molar-refractivity contribution in [3.05, 3.63) is 24.7 Å². The van der Waals surface area contributed by atoms with Crippen molar-refractivity contribution in [2.24, 2.45) is 0 Å². The standard InChI is InChI=1S/C7H8N6/c8-5-3-9-4-7(11-5)12-6-1-2-10-13-6/h1-4H,(H4,8,10,11,12,13). The molecule has 0 fully saturated rings. The van der Waals surface area contributed by atoms with Crippen molar-refractivity contribution in [2.75, 3.05) is 11.1 Å². The lowest BCUT2D eigenvalue weighted by atomic mass is 10.5. The number of hydrogen-bond donors (Lipinski definition) is 3. The number of rotatable bonds is 2. The van der Waals surface area contributed by atoms with Crippen molar-refractivity contribution < 1.29 is 0 Å². The van der Waals surface area contributed by atoms with Crippen LogP contribution in [0.3, 0.4) is 0 Å². The van der Waals surface area contributed by atoms with Crippen LogP contribution >= 0.6 is 0 Å². The van der Waals surface area contributed by atoms with Crippen LogP contribution in [0, 0.1) is 0 Å². The minimum Gasteiger partial charge on any atom is -0.382 e. The third-order valence-electron chi connectivity index (χ3n) is 1.42. The van der Waals surface area contributed by atoms with E-state index in [2.05, 4.69) is 25.5 Å². The molecule has 0 unspecified atom stereocenters. The second-order valence-corrected chi connectivity index (χ2v) is 2.42. The number of nitrogens with two attached hydrogens (primary N) is 1. The first-order chi connectivity index (χ1) is 6.34. The Kier molecular flexibility index (Phi) is 1.79. The molecule has 4 N–H and O–H groups in total. The van der Waals surface area contributed by atoms with Crippen LogP contribution in [-0.4, -0.2) is 20.2 Å². The second-order valence-electron chi connectivity index (χ2n) is 2.42. The Morgan fingerprint density at radius 2 is 2.31 bits per heavy atom. The van der Waals surface area contributed by atoms with Gasteiger partial charge in [-0.25, -0.2) is 4.98 Å². The topological polar surface area (TPSA) is 92.5 Å². The van der Waals surface area contributed by atoms with Gasteiger partial charge in [0.05, 0.1) is 18.6 Å². The molecule has 2 aromatic heterocycles. The van der Waals surface area contributed by atoms with E-state index in [1.54, 1.807) is 18.5 Å². The summed E-state index contributed by atoms with van der Waals surface area (Å²) >= 11 is 0. The van der Waals surface area contributed by atoms with Crippen molar-refractivity contribution in [1.29, 1.82) is 0 Å². The molecule has 0 saturated carbocycles. The summed E-state index contributed by atoms with van der Waals surface area (Å²) in [6.07, 6.45) is 4.71. The van der Waals surface area contributed by atoms with E-state index in [0.717, 1.165) is 5.82 Å². The molecule has 0 bridgehead atoms. The molecule has 2 rings (SSSR count). The Balaban J connectivity index is 2.19. The number of nitrogens with one attached hydrogen (secondary N) is 2. The van der Waals surface area contributed by atoms with E-state index < -0.39 is 0 Å². The largest absolute Gasteiger partial charge is 0.382 e. The summed E-state index contributed by atoms with van der Waals surface area (Å²) in [6, 6.07) is 1.78. The van der Waals surface area contributed by atoms with Gasteiger partial charge in [-0.05, 0) is 0 Å². The molecule has 0 aliphatic carbocycles. The fourth-order valence-electron chi connectivity index (χ4n) is 0.905. The van der Waals surface area contributed by atoms with Crippen LogP contribution in [0.4, 0.5) is 17.5 Å². The summed E-state index contributed by atoms with van der Waals surface area (Å²) in [4.78, 5) is 7.88. The van der Waals surface area contributed by atoms with Gasteiger partial charge < -0.3 is 11.1 Å². The van der Waals surface area contributed by atoms with Crippen LogP contribution in [0.1, 0.15) is 0 Å². The molecule has 0 atom stereocenters. The maximum Gasteiger partial charge on any atom is 0.152 e. The van der Waals surface area contributed by atoms with Gasteiger partial charge >= 0.3 is 0 Å². The minimum atomic E-state index is 0.379. The summed E-state index contributed by atoms with van der Waals surface area (Å²) in [5.74, 6) is 1.72. The van der Waals surface area contributed by atoms with Crippen LogP contribution < -0.4 is 11.1 Å². The number of nitrogen functional groups attached to an aromatic ring is 1. The first kappa shape index (κ1) is 7.53. The summed E-state index contributed by atoms with van der Waals surface area (Å²) in [6.45, 7) is 0. The molecule has 0 radical (unpaired) electrons. The number of hydrogen-bond acceptors (Lipinski definition) is 5. The molecule has 0 saturated heterocycles. The van der Waals surface area contributed by atoms with Crippen molar-refractivity contribution in [3.63, 3.8) is 0 Å². The lowest BCUT2D eigenvalue weighted by Gasteiger charge is -2.01. The smallest absolute Gasteiger partial charge is 0.152 e. The highest BCUT2D eigenvalue weighted by Crippen LogP contribution is 2.09. The van der Waals surface area contributed by atoms with Crippen molar-refractivity contribution in [3.8, 4) is 0 Å². The molecule has 66 valence electrons. The highest BCUT2D eigenvalue weighted by Gasteiger charge is 1.96. The van der Waals surface area contributed by atoms with Gasteiger partial charge in [0.25, 0.3) is 0 Å². The molecule has 2 aromatic rings. The Morgan fingerprint density at radius 3 is 3.00 bits per heavy atom. The SMILES string of the molecule is Nc1cncc(Nc2ccn[nH]2)n1. The zero-order chi connectivity index (χ0) is 9.10. The zero-order valence-electron chi connectivity index (χ0n) is 6.73. The molecule has 0 aliphatic rings. The highest BCUT2D eigenvalue weighted by molar-refractivity contribution is 5.51. The van der Waals surface area contributed by atoms with Crippen LogP contribution in [0.2, 0.25) is 0 Å². The third kappa shape index (κ3) is 1.73. The molecule has 6 heteroatoms. The summed E-state index contributed by atoms with van der Waals surface area (Å²) in [7, 11) is 0. The van der Waals surface area contributed by atoms with Crippen LogP contribution in [-0.2, 0) is 0 Å². The summed E-state index contributed by atoms with van der Waals surface area (Å²) in [5, 5.41) is 9.46. The fraction of sp³-hybridized carbons (Fsp3) is 0. The highest BCUT2D eigenvalue weighted by atomic mass is 15.2. The first-order valence-corrected chi connectivity index (χ1v) is 3.68. The van der Waals surface area contributed by atoms with E-state index in [1.807, 2.05) is 0 Å². The molecule has 13 heavy (non-hydrogen) atoms. The lowest BCUT2D eigenvalue weighted by Crippen LogP contribution is -1.98. The minimum absolute atomic E-state index is 0.379. The van der Waals surface area contributed by atoms with E-state index in [0.29, 0.717) is 11.6 Å². The lowest BCUT2D eigenvalue weighted by molar-refractivity contribution is 1.09. The predicted octanol–water partition coefficient (Wildman–Crippen LogP) is 0.526. The normalized spacial score (nSPS) is 9.85. The van der Waals surface area contributed by atoms with Crippen LogP contribution in [0.15, 0.2) is 24.7 Å². The van der Waals surface area contributed by atoms with Crippen LogP contribution in [0.25, 0.3) is 0 Å². The van der Waals surface area contributed by atoms with Crippen molar-refractivity contribution in [2.45, 2.75) is 0 Å². The molecule has 0 amide bonds. The molecular weight excluding hydrogens is 168 g/mol. The Labute approximate surface area is 74.2 Å². The van der Waals surface area contributed by atoms with Crippen molar-refractivity contribution >= 4 is 17.5 Å². The molecule has 2 heterocycles. The second kappa shape index (κ2) is 3.10. The molecule has 0 spiro atoms. The van der Waals surface area contributed by atoms with Crippen molar-refractivity contribution in [1.82, 2.24) is 20.2 Å². The number of aromatic nitrogens is 4. The molecule has 6 nitrogen and oxygen atoms in total. The molecule has 0 aliphatic heterocycles. The maximum atomic E-state index is 5.45. The van der Waals surface area contributed by atoms with Gasteiger partial charge in [0.15, 0.2) is 5.82 Å². The third-order valence-corrected chi connectivity index (χ3v) is 1.42. The fourth-order valence-corrected chi connectivity index (χ4v) is 0.905. The average molecular weight is 176 g/mol. The quantitative estimate of drug-likeness (QED) is 0.620. The zero-order valence-corrected chi connectivity index (χ0v) is 6.73. The number of H-pyrrole nitrogens is 1. The van der Waals surface area contributed by atoms with E-state index in [9.17, 15) is 0 Å². The van der Waals surface area contributed by atoms with E-state index in [1.165, 1.54) is 6.20 Å². The van der Waals surface area contributed by atoms with E-state index in [4.69, 9.17) is 5.73 Å². The number of aromatic amines is 1. The molecular formula is C7H8N6. The predicted molar refractivity (Wildman–Crippen MR) is 48.3 cm³/mol. The monoisotopic (exact) mass is 176 g/mol. The van der Waals surface area contributed by atoms with Gasteiger partial charge in [0.2, 0.25) is 0 Å². The number of nitrogens with zero attached hydrogens (tertiary/aromatic N) is 3. The number of anilines is 3.